The number of carbonyl (C=O) groups is 2. The zero-order valence-corrected chi connectivity index (χ0v) is 11.3. The zero-order valence-electron chi connectivity index (χ0n) is 11.3. The molecule has 0 unspecified atom stereocenters. The summed E-state index contributed by atoms with van der Waals surface area (Å²) >= 11 is 0. The molecule has 5 nitrogen and oxygen atoms in total. The maximum Gasteiger partial charge on any atom is 0.410 e. The van der Waals surface area contributed by atoms with Crippen molar-refractivity contribution in [3.05, 3.63) is 0 Å². The van der Waals surface area contributed by atoms with Crippen molar-refractivity contribution in [3.63, 3.8) is 0 Å². The van der Waals surface area contributed by atoms with E-state index in [9.17, 15) is 14.0 Å². The smallest absolute Gasteiger partial charge is 0.410 e. The number of ether oxygens (including phenoxy) is 1. The van der Waals surface area contributed by atoms with Crippen LogP contribution >= 0.6 is 0 Å². The van der Waals surface area contributed by atoms with E-state index in [0.717, 1.165) is 0 Å². The van der Waals surface area contributed by atoms with E-state index in [2.05, 4.69) is 5.32 Å². The molecule has 1 N–H and O–H groups in total. The summed E-state index contributed by atoms with van der Waals surface area (Å²) in [6.45, 7) is 7.00. The summed E-state index contributed by atoms with van der Waals surface area (Å²) in [5.41, 5.74) is -0.586. The van der Waals surface area contributed by atoms with Crippen LogP contribution in [0, 0.1) is 0 Å². The number of likely N-dealkylation sites (tertiary alicyclic amines) is 1. The fourth-order valence-electron chi connectivity index (χ4n) is 1.82. The van der Waals surface area contributed by atoms with Crippen LogP contribution in [0.15, 0.2) is 0 Å². The van der Waals surface area contributed by atoms with E-state index in [4.69, 9.17) is 4.74 Å². The molecular formula is C12H21FN2O3. The molecule has 0 radical (unpaired) electrons. The van der Waals surface area contributed by atoms with Gasteiger partial charge in [0.1, 0.15) is 11.8 Å². The summed E-state index contributed by atoms with van der Waals surface area (Å²) in [6.07, 6.45) is -1.36. The normalized spacial score (nSPS) is 24.6. The van der Waals surface area contributed by atoms with Gasteiger partial charge in [0.2, 0.25) is 5.91 Å². The number of piperidine rings is 1. The summed E-state index contributed by atoms with van der Waals surface area (Å²) in [7, 11) is 0. The number of amides is 2. The molecule has 0 bridgehead atoms. The summed E-state index contributed by atoms with van der Waals surface area (Å²) < 4.78 is 19.0. The fraction of sp³-hybridized carbons (Fsp3) is 0.833. The number of hydrogen-bond acceptors (Lipinski definition) is 3. The Morgan fingerprint density at radius 3 is 2.44 bits per heavy atom. The zero-order chi connectivity index (χ0) is 13.9. The minimum atomic E-state index is -1.25. The third kappa shape index (κ3) is 4.50. The van der Waals surface area contributed by atoms with Gasteiger partial charge in [0.05, 0.1) is 12.6 Å². The highest BCUT2D eigenvalue weighted by Gasteiger charge is 2.33. The van der Waals surface area contributed by atoms with E-state index in [1.165, 1.54) is 11.8 Å². The quantitative estimate of drug-likeness (QED) is 0.776. The van der Waals surface area contributed by atoms with E-state index in [1.54, 1.807) is 20.8 Å². The number of alkyl halides is 1. The van der Waals surface area contributed by atoms with Crippen molar-refractivity contribution < 1.29 is 18.7 Å². The molecule has 2 atom stereocenters. The van der Waals surface area contributed by atoms with Crippen LogP contribution in [-0.4, -0.2) is 47.8 Å². The van der Waals surface area contributed by atoms with Gasteiger partial charge in [0.25, 0.3) is 0 Å². The lowest BCUT2D eigenvalue weighted by Crippen LogP contribution is -2.54. The van der Waals surface area contributed by atoms with Crippen LogP contribution in [0.1, 0.15) is 34.1 Å². The maximum absolute atomic E-state index is 13.8. The van der Waals surface area contributed by atoms with E-state index in [0.29, 0.717) is 13.0 Å². The number of nitrogens with zero attached hydrogens (tertiary/aromatic N) is 1. The van der Waals surface area contributed by atoms with Gasteiger partial charge in [-0.05, 0) is 27.2 Å². The second-order valence-corrected chi connectivity index (χ2v) is 5.54. The Kier molecular flexibility index (Phi) is 4.53. The van der Waals surface area contributed by atoms with E-state index in [1.807, 2.05) is 0 Å². The highest BCUT2D eigenvalue weighted by Crippen LogP contribution is 2.17. The van der Waals surface area contributed by atoms with Crippen molar-refractivity contribution in [3.8, 4) is 0 Å². The predicted molar refractivity (Wildman–Crippen MR) is 64.9 cm³/mol. The molecular weight excluding hydrogens is 239 g/mol. The second kappa shape index (κ2) is 5.54. The van der Waals surface area contributed by atoms with Crippen molar-refractivity contribution in [2.45, 2.75) is 51.9 Å². The van der Waals surface area contributed by atoms with Crippen molar-refractivity contribution in [2.24, 2.45) is 0 Å². The highest BCUT2D eigenvalue weighted by atomic mass is 19.1. The van der Waals surface area contributed by atoms with Crippen LogP contribution in [0.25, 0.3) is 0 Å². The topological polar surface area (TPSA) is 58.6 Å². The Balaban J connectivity index is 2.50. The van der Waals surface area contributed by atoms with Crippen LogP contribution in [-0.2, 0) is 9.53 Å². The first kappa shape index (κ1) is 14.7. The predicted octanol–water partition coefficient (Wildman–Crippen LogP) is 1.47. The lowest BCUT2D eigenvalue weighted by molar-refractivity contribution is -0.120. The van der Waals surface area contributed by atoms with Crippen LogP contribution < -0.4 is 5.32 Å². The minimum absolute atomic E-state index is 0.0418. The molecule has 6 heteroatoms. The molecule has 1 saturated heterocycles. The molecule has 0 aliphatic carbocycles. The average Bonchev–Trinajstić information content (AvgIpc) is 2.17. The van der Waals surface area contributed by atoms with Gasteiger partial charge in [-0.1, -0.05) is 0 Å². The second-order valence-electron chi connectivity index (χ2n) is 5.54. The van der Waals surface area contributed by atoms with Gasteiger partial charge in [-0.2, -0.15) is 0 Å². The summed E-state index contributed by atoms with van der Waals surface area (Å²) in [4.78, 5) is 24.0. The fourth-order valence-corrected chi connectivity index (χ4v) is 1.82. The number of carbonyl (C=O) groups excluding carboxylic acids is 2. The third-order valence-corrected chi connectivity index (χ3v) is 2.58. The van der Waals surface area contributed by atoms with Gasteiger partial charge in [-0.25, -0.2) is 9.18 Å². The van der Waals surface area contributed by atoms with Crippen LogP contribution in [0.3, 0.4) is 0 Å². The largest absolute Gasteiger partial charge is 0.444 e. The van der Waals surface area contributed by atoms with E-state index >= 15 is 0 Å². The SMILES string of the molecule is CC(=O)N[C@@H]1CCN(C(=O)OC(C)(C)C)C[C@@H]1F. The van der Waals surface area contributed by atoms with Gasteiger partial charge in [-0.3, -0.25) is 4.79 Å². The molecule has 0 aromatic carbocycles. The maximum atomic E-state index is 13.8. The summed E-state index contributed by atoms with van der Waals surface area (Å²) in [6, 6.07) is -0.513. The Morgan fingerprint density at radius 1 is 1.39 bits per heavy atom. The Bertz CT molecular complexity index is 328. The van der Waals surface area contributed by atoms with Gasteiger partial charge in [0, 0.05) is 13.5 Å². The molecule has 2 amide bonds. The average molecular weight is 260 g/mol. The van der Waals surface area contributed by atoms with Gasteiger partial charge < -0.3 is 15.0 Å². The molecule has 0 spiro atoms. The molecule has 1 aliphatic rings. The number of rotatable bonds is 1. The van der Waals surface area contributed by atoms with Crippen LogP contribution in [0.2, 0.25) is 0 Å². The number of hydrogen-bond donors (Lipinski definition) is 1. The summed E-state index contributed by atoms with van der Waals surface area (Å²) in [5, 5.41) is 2.55. The first-order valence-electron chi connectivity index (χ1n) is 6.08. The molecule has 0 aromatic rings. The van der Waals surface area contributed by atoms with E-state index in [-0.39, 0.29) is 12.5 Å². The Morgan fingerprint density at radius 2 is 2.00 bits per heavy atom. The van der Waals surface area contributed by atoms with Gasteiger partial charge >= 0.3 is 6.09 Å². The van der Waals surface area contributed by atoms with Crippen LogP contribution in [0.4, 0.5) is 9.18 Å². The third-order valence-electron chi connectivity index (χ3n) is 2.58. The van der Waals surface area contributed by atoms with Gasteiger partial charge in [-0.15, -0.1) is 0 Å². The molecule has 1 heterocycles. The van der Waals surface area contributed by atoms with Crippen molar-refractivity contribution in [1.82, 2.24) is 10.2 Å². The molecule has 1 fully saturated rings. The monoisotopic (exact) mass is 260 g/mol. The van der Waals surface area contributed by atoms with Crippen LogP contribution in [0.5, 0.6) is 0 Å². The Labute approximate surface area is 107 Å². The molecule has 18 heavy (non-hydrogen) atoms. The number of halogens is 1. The first-order valence-corrected chi connectivity index (χ1v) is 6.08. The first-order chi connectivity index (χ1) is 8.19. The molecule has 104 valence electrons. The Hall–Kier alpha value is -1.33. The lowest BCUT2D eigenvalue weighted by atomic mass is 10.0. The lowest BCUT2D eigenvalue weighted by Gasteiger charge is -2.35. The molecule has 0 aromatic heterocycles. The molecule has 0 saturated carbocycles. The van der Waals surface area contributed by atoms with Crippen molar-refractivity contribution >= 4 is 12.0 Å². The van der Waals surface area contributed by atoms with Gasteiger partial charge in [0.15, 0.2) is 0 Å². The standard InChI is InChI=1S/C12H21FN2O3/c1-8(16)14-10-5-6-15(7-9(10)13)11(17)18-12(2,3)4/h9-10H,5-7H2,1-4H3,(H,14,16)/t9-,10+/m0/s1. The minimum Gasteiger partial charge on any atom is -0.444 e. The highest BCUT2D eigenvalue weighted by molar-refractivity contribution is 5.73. The number of nitrogens with one attached hydrogen (secondary N) is 1. The van der Waals surface area contributed by atoms with Crippen molar-refractivity contribution in [1.29, 1.82) is 0 Å². The molecule has 1 rings (SSSR count). The summed E-state index contributed by atoms with van der Waals surface area (Å²) in [5.74, 6) is -0.256. The van der Waals surface area contributed by atoms with E-state index < -0.39 is 23.9 Å². The van der Waals surface area contributed by atoms with Crippen molar-refractivity contribution in [2.75, 3.05) is 13.1 Å². The molecule has 1 aliphatic heterocycles.